The number of ketones is 1. The number of halogens is 8. The van der Waals surface area contributed by atoms with Gasteiger partial charge in [-0.05, 0) is 225 Å². The van der Waals surface area contributed by atoms with Gasteiger partial charge in [0.1, 0.15) is 42.7 Å². The molecule has 3 aliphatic rings. The van der Waals surface area contributed by atoms with Gasteiger partial charge in [-0.15, -0.1) is 11.3 Å². The van der Waals surface area contributed by atoms with E-state index in [2.05, 4.69) is 117 Å². The Morgan fingerprint density at radius 1 is 0.698 bits per heavy atom. The van der Waals surface area contributed by atoms with Gasteiger partial charge in [0.2, 0.25) is 0 Å². The zero-order valence-corrected chi connectivity index (χ0v) is 76.8. The minimum atomic E-state index is -4.44. The molecule has 2 unspecified atom stereocenters. The summed E-state index contributed by atoms with van der Waals surface area (Å²) in [5, 5.41) is 3.53. The van der Waals surface area contributed by atoms with E-state index < -0.39 is 36.1 Å². The van der Waals surface area contributed by atoms with E-state index in [0.29, 0.717) is 89.8 Å². The Kier molecular flexibility index (Phi) is 31.7. The third kappa shape index (κ3) is 24.3. The number of fused-ring (bicyclic) bond motifs is 2. The number of pyridine rings is 1. The van der Waals surface area contributed by atoms with Crippen molar-refractivity contribution in [1.82, 2.24) is 29.7 Å². The number of ether oxygens (including phenoxy) is 3. The molecule has 3 fully saturated rings. The molecular formula is C104H108BrClF6N8O8S+2. The maximum Gasteiger partial charge on any atom is 0.416 e. The second kappa shape index (κ2) is 43.1. The number of quaternary nitrogens is 1. The SMILES string of the molecule is CCC1(Cc2cccc(C(F)(F)F)c2)CCN(C(=O)c2[nH]c3c(C)cc(C)cc3c2C)CC1.CN(Cc1cccs1)C(=O)COC(=O)c1ccccc1-c1ccc(C(F)(F)F)cc1.COc1cccc(C[C@@H](C2CCN(C(=O)c3ccc(C)cc3Cl)CC2)[NH+](C)Cc2ccccn2)c1.O=C1C[C@@H](c2[nH]c3ccccc3[n+]2CCOc2ccccc2)CC1c1ccccc1Br. The lowest BCUT2D eigenvalue weighted by Crippen LogP contribution is -3.13. The number of nitrogens with zero attached hydrogens (tertiary/aromatic N) is 5. The summed E-state index contributed by atoms with van der Waals surface area (Å²) in [6.45, 7) is 15.0. The summed E-state index contributed by atoms with van der Waals surface area (Å²) in [5.74, 6) is 2.73. The molecule has 2 aliphatic heterocycles. The Hall–Kier alpha value is -11.7. The molecule has 16 nitrogen and oxygen atoms in total. The van der Waals surface area contributed by atoms with Crippen molar-refractivity contribution < 1.29 is 74.0 Å². The van der Waals surface area contributed by atoms with Gasteiger partial charge >= 0.3 is 18.3 Å². The first-order valence-electron chi connectivity index (χ1n) is 43.5. The number of nitrogens with one attached hydrogen (secondary N) is 3. The molecule has 129 heavy (non-hydrogen) atoms. The maximum atomic E-state index is 13.4. The lowest BCUT2D eigenvalue weighted by atomic mass is 9.72. The van der Waals surface area contributed by atoms with Crippen molar-refractivity contribution in [2.24, 2.45) is 11.3 Å². The Bertz CT molecular complexity index is 6020. The molecule has 1 saturated carbocycles. The molecule has 13 aromatic rings. The number of piperidine rings is 2. The molecule has 9 aromatic carbocycles. The molecule has 0 spiro atoms. The minimum absolute atomic E-state index is 0.00419. The van der Waals surface area contributed by atoms with Crippen LogP contribution in [-0.4, -0.2) is 126 Å². The van der Waals surface area contributed by atoms with Crippen LogP contribution >= 0.6 is 38.9 Å². The number of amides is 3. The van der Waals surface area contributed by atoms with E-state index in [0.717, 1.165) is 166 Å². The molecule has 25 heteroatoms. The summed E-state index contributed by atoms with van der Waals surface area (Å²) in [5.41, 5.74) is 12.6. The number of alkyl halides is 6. The van der Waals surface area contributed by atoms with Gasteiger partial charge in [0.25, 0.3) is 23.5 Å². The molecular weight excluding hydrogens is 1750 g/mol. The fourth-order valence-corrected chi connectivity index (χ4v) is 19.5. The third-order valence-electron chi connectivity index (χ3n) is 25.1. The van der Waals surface area contributed by atoms with Gasteiger partial charge in [-0.3, -0.25) is 24.2 Å². The van der Waals surface area contributed by atoms with Crippen LogP contribution in [0, 0.1) is 39.0 Å². The average molecular weight is 1860 g/mol. The summed E-state index contributed by atoms with van der Waals surface area (Å²) >= 11 is 11.5. The first-order valence-corrected chi connectivity index (χ1v) is 45.6. The predicted molar refractivity (Wildman–Crippen MR) is 498 cm³/mol. The van der Waals surface area contributed by atoms with Crippen molar-refractivity contribution >= 4 is 90.3 Å². The fourth-order valence-electron chi connectivity index (χ4n) is 17.9. The molecule has 4 aromatic heterocycles. The molecule has 16 rings (SSSR count). The van der Waals surface area contributed by atoms with Gasteiger partial charge in [0.15, 0.2) is 17.6 Å². The highest BCUT2D eigenvalue weighted by atomic mass is 79.9. The van der Waals surface area contributed by atoms with Crippen molar-refractivity contribution in [3.8, 4) is 22.6 Å². The van der Waals surface area contributed by atoms with Crippen LogP contribution in [0.4, 0.5) is 26.3 Å². The smallest absolute Gasteiger partial charge is 0.416 e. The molecule has 0 radical (unpaired) electrons. The van der Waals surface area contributed by atoms with Gasteiger partial charge in [-0.1, -0.05) is 180 Å². The molecule has 672 valence electrons. The maximum absolute atomic E-state index is 13.4. The highest BCUT2D eigenvalue weighted by Crippen LogP contribution is 2.44. The lowest BCUT2D eigenvalue weighted by molar-refractivity contribution is -0.924. The number of imidazole rings is 1. The molecule has 3 amide bonds. The van der Waals surface area contributed by atoms with Crippen LogP contribution in [0.25, 0.3) is 33.1 Å². The van der Waals surface area contributed by atoms with Gasteiger partial charge in [0, 0.05) is 84.4 Å². The Balaban J connectivity index is 0.000000147. The molecule has 3 N–H and O–H groups in total. The summed E-state index contributed by atoms with van der Waals surface area (Å²) in [6.07, 6.45) is 0.392. The topological polar surface area (TPSA) is 176 Å². The fraction of sp³-hybridized carbons (Fsp3) is 0.317. The number of methoxy groups -OCH3 is 1. The molecule has 6 heterocycles. The first-order chi connectivity index (χ1) is 61.9. The Morgan fingerprint density at radius 3 is 2.08 bits per heavy atom. The monoisotopic (exact) mass is 1860 g/mol. The Labute approximate surface area is 766 Å². The van der Waals surface area contributed by atoms with E-state index in [1.165, 1.54) is 62.6 Å². The van der Waals surface area contributed by atoms with Crippen LogP contribution in [0.15, 0.2) is 253 Å². The quantitative estimate of drug-likeness (QED) is 0.0302. The summed E-state index contributed by atoms with van der Waals surface area (Å²) in [4.78, 5) is 83.5. The first kappa shape index (κ1) is 94.9. The number of aromatic amines is 2. The third-order valence-corrected chi connectivity index (χ3v) is 27.0. The zero-order chi connectivity index (χ0) is 91.7. The second-order valence-corrected chi connectivity index (χ2v) is 36.1. The highest BCUT2D eigenvalue weighted by molar-refractivity contribution is 9.10. The van der Waals surface area contributed by atoms with Crippen LogP contribution in [0.1, 0.15) is 161 Å². The minimum Gasteiger partial charge on any atom is -0.497 e. The Morgan fingerprint density at radius 2 is 1.38 bits per heavy atom. The summed E-state index contributed by atoms with van der Waals surface area (Å²) < 4.78 is 97.6. The number of para-hydroxylation sites is 3. The van der Waals surface area contributed by atoms with Gasteiger partial charge in [-0.2, -0.15) is 26.3 Å². The number of carbonyl (C=O) groups is 5. The van der Waals surface area contributed by atoms with Crippen LogP contribution < -0.4 is 18.9 Å². The van der Waals surface area contributed by atoms with E-state index >= 15 is 0 Å². The van der Waals surface area contributed by atoms with Crippen molar-refractivity contribution in [3.05, 3.63) is 341 Å². The number of thiophene rings is 1. The number of rotatable bonds is 24. The van der Waals surface area contributed by atoms with Gasteiger partial charge in [0.05, 0.1) is 65.6 Å². The number of benzene rings is 9. The van der Waals surface area contributed by atoms with Gasteiger partial charge in [-0.25, -0.2) is 14.3 Å². The van der Waals surface area contributed by atoms with E-state index in [9.17, 15) is 50.3 Å². The van der Waals surface area contributed by atoms with E-state index in [1.54, 1.807) is 38.4 Å². The standard InChI is InChI=1S/C29H34ClN3O2.C27H31F3N2O.C26H23BrN2O2.C22H18F3NO3S/c1-21-10-11-26(27(30)17-21)29(34)33-15-12-23(13-16-33)28(19-22-7-6-9-25(18-22)35-3)32(2)20-24-8-4-5-14-31-24;1-5-26(16-20-7-6-8-21(15-20)27(28,29)30)9-11-32(12-10-26)25(33)24-19(4)22-14-17(2)13-18(3)23(22)31-24;27-22-11-5-4-10-20(22)21-16-18(17-25(21)30)26-28-23-12-6-7-13-24(23)29(26)14-15-31-19-8-2-1-3-9-19;1-26(13-17-5-4-12-30-17)20(27)14-29-21(28)19-7-3-2-6-18(19)15-8-10-16(11-9-15)22(23,24)25/h4-11,14,17-18,23,28H,12-13,15-16,19-20H2,1-3H3;6-8,13-15,31H,5,9-12,16H2,1-4H3;1-13,18,21H,14-17H2;2-12H,13-14H2,1H3/p+2/t28-;;18-,21?;/m0.0./s1. The normalized spacial score (nSPS) is 15.6. The second-order valence-electron chi connectivity index (χ2n) is 33.8. The number of hydrogen-bond acceptors (Lipinski definition) is 10. The van der Waals surface area contributed by atoms with Crippen molar-refractivity contribution in [2.75, 3.05) is 60.6 Å². The number of H-pyrrole nitrogens is 2. The van der Waals surface area contributed by atoms with Crippen LogP contribution in [0.3, 0.4) is 0 Å². The summed E-state index contributed by atoms with van der Waals surface area (Å²) in [6, 6.07) is 71.4. The van der Waals surface area contributed by atoms with Crippen LogP contribution in [-0.2, 0) is 59.2 Å². The average Bonchev–Trinajstić information content (AvgIpc) is 1.64. The molecule has 2 saturated heterocycles. The molecule has 0 bridgehead atoms. The van der Waals surface area contributed by atoms with E-state index in [1.807, 2.05) is 145 Å². The lowest BCUT2D eigenvalue weighted by Gasteiger charge is -2.41. The van der Waals surface area contributed by atoms with E-state index in [4.69, 9.17) is 25.8 Å². The molecule has 1 aliphatic carbocycles. The zero-order valence-electron chi connectivity index (χ0n) is 73.6. The number of esters is 1. The van der Waals surface area contributed by atoms with Crippen LogP contribution in [0.5, 0.6) is 11.5 Å². The van der Waals surface area contributed by atoms with E-state index in [-0.39, 0.29) is 40.5 Å². The molecule has 4 atom stereocenters. The van der Waals surface area contributed by atoms with Crippen molar-refractivity contribution in [3.63, 3.8) is 0 Å². The number of likely N-dealkylation sites (tertiary alicyclic amines) is 2. The number of likely N-dealkylation sites (N-methyl/N-ethyl adjacent to an activating group) is 2. The number of Topliss-reactive ketones (excluding diaryl/α,β-unsaturated/α-hetero) is 1. The largest absolute Gasteiger partial charge is 0.497 e. The van der Waals surface area contributed by atoms with Crippen molar-refractivity contribution in [2.45, 2.75) is 142 Å². The van der Waals surface area contributed by atoms with Crippen LogP contribution in [0.2, 0.25) is 5.02 Å². The predicted octanol–water partition coefficient (Wildman–Crippen LogP) is 22.0. The van der Waals surface area contributed by atoms with Crippen molar-refractivity contribution in [1.29, 1.82) is 0 Å². The van der Waals surface area contributed by atoms with Gasteiger partial charge < -0.3 is 38.8 Å². The number of hydrogen-bond donors (Lipinski definition) is 3. The summed E-state index contributed by atoms with van der Waals surface area (Å²) in [7, 11) is 5.59. The number of carbonyl (C=O) groups excluding carboxylic acids is 5. The highest BCUT2D eigenvalue weighted by Gasteiger charge is 2.42. The number of aryl methyl sites for hydroxylation is 4. The number of aromatic nitrogens is 4.